The fourth-order valence-corrected chi connectivity index (χ4v) is 5.20. The van der Waals surface area contributed by atoms with Gasteiger partial charge in [-0.2, -0.15) is 0 Å². The van der Waals surface area contributed by atoms with Crippen molar-refractivity contribution in [1.82, 2.24) is 19.6 Å². The van der Waals surface area contributed by atoms with Gasteiger partial charge < -0.3 is 18.9 Å². The molecule has 0 bridgehead atoms. The topological polar surface area (TPSA) is 84.0 Å². The molecule has 8 atom stereocenters. The monoisotopic (exact) mass is 482 g/mol. The summed E-state index contributed by atoms with van der Waals surface area (Å²) < 4.78 is 25.2. The smallest absolute Gasteiger partial charge is 0.319 e. The highest BCUT2D eigenvalue weighted by atomic mass is 16.8. The van der Waals surface area contributed by atoms with Crippen LogP contribution in [-0.2, 0) is 18.9 Å². The summed E-state index contributed by atoms with van der Waals surface area (Å²) in [6.07, 6.45) is -0.416. The van der Waals surface area contributed by atoms with E-state index in [2.05, 4.69) is 27.7 Å². The van der Waals surface area contributed by atoms with Gasteiger partial charge in [0.2, 0.25) is 12.6 Å². The summed E-state index contributed by atoms with van der Waals surface area (Å²) in [4.78, 5) is 33.6. The molecule has 0 spiro atoms. The molecule has 10 heteroatoms. The van der Waals surface area contributed by atoms with E-state index in [9.17, 15) is 9.59 Å². The Balaban J connectivity index is 1.55. The SMILES string of the molecule is CCC(C)N1C(=O)N(C(C)CC)C2OC(C3OC4C(O3)N(C(C)CC)C(=O)N4C(C)CC)OC21. The van der Waals surface area contributed by atoms with Crippen LogP contribution in [0.25, 0.3) is 0 Å². The number of carbonyl (C=O) groups is 2. The zero-order valence-corrected chi connectivity index (χ0v) is 21.8. The molecule has 0 aliphatic carbocycles. The molecule has 4 fully saturated rings. The Morgan fingerprint density at radius 1 is 0.529 bits per heavy atom. The first-order valence-electron chi connectivity index (χ1n) is 13.0. The van der Waals surface area contributed by atoms with Gasteiger partial charge in [-0.25, -0.2) is 9.59 Å². The second-order valence-electron chi connectivity index (χ2n) is 10.1. The fraction of sp³-hybridized carbons (Fsp3) is 0.917. The summed E-state index contributed by atoms with van der Waals surface area (Å²) >= 11 is 0. The standard InChI is InChI=1S/C24H42N4O6/c1-9-13(5)25-17-18(26(23(25)29)14(6)10-2)32-21(31-17)22-33-19-20(34-22)28(16(8)12-4)24(30)27(19)15(7)11-3/h13-22H,9-12H2,1-8H3. The van der Waals surface area contributed by atoms with Gasteiger partial charge in [0, 0.05) is 24.2 Å². The van der Waals surface area contributed by atoms with E-state index in [1.165, 1.54) is 0 Å². The minimum absolute atomic E-state index is 0.0145. The first kappa shape index (κ1) is 25.5. The Morgan fingerprint density at radius 3 is 0.912 bits per heavy atom. The van der Waals surface area contributed by atoms with Gasteiger partial charge in [-0.05, 0) is 53.4 Å². The highest BCUT2D eigenvalue weighted by molar-refractivity contribution is 5.79. The molecule has 4 amide bonds. The van der Waals surface area contributed by atoms with Gasteiger partial charge in [0.1, 0.15) is 0 Å². The van der Waals surface area contributed by atoms with Crippen LogP contribution in [0, 0.1) is 0 Å². The van der Waals surface area contributed by atoms with Crippen LogP contribution in [0.2, 0.25) is 0 Å². The Kier molecular flexibility index (Phi) is 7.34. The predicted octanol–water partition coefficient (Wildman–Crippen LogP) is 3.71. The summed E-state index contributed by atoms with van der Waals surface area (Å²) in [6, 6.07) is -0.0556. The molecular formula is C24H42N4O6. The van der Waals surface area contributed by atoms with Crippen LogP contribution in [0.1, 0.15) is 81.1 Å². The lowest BCUT2D eigenvalue weighted by Gasteiger charge is -2.32. The van der Waals surface area contributed by atoms with Crippen LogP contribution in [0.3, 0.4) is 0 Å². The van der Waals surface area contributed by atoms with E-state index >= 15 is 0 Å². The van der Waals surface area contributed by atoms with E-state index in [0.29, 0.717) is 0 Å². The first-order valence-corrected chi connectivity index (χ1v) is 13.0. The van der Waals surface area contributed by atoms with Gasteiger partial charge in [-0.3, -0.25) is 19.6 Å². The Bertz CT molecular complexity index is 652. The van der Waals surface area contributed by atoms with E-state index in [0.717, 1.165) is 25.7 Å². The van der Waals surface area contributed by atoms with Crippen LogP contribution in [0.15, 0.2) is 0 Å². The quantitative estimate of drug-likeness (QED) is 0.498. The minimum Gasteiger partial charge on any atom is -0.319 e. The molecule has 4 rings (SSSR count). The van der Waals surface area contributed by atoms with E-state index < -0.39 is 37.5 Å². The molecule has 0 aromatic rings. The van der Waals surface area contributed by atoms with Crippen LogP contribution in [-0.4, -0.2) is 93.3 Å². The Morgan fingerprint density at radius 2 is 0.735 bits per heavy atom. The van der Waals surface area contributed by atoms with Crippen molar-refractivity contribution >= 4 is 12.1 Å². The summed E-state index contributed by atoms with van der Waals surface area (Å²) in [5, 5.41) is 0. The predicted molar refractivity (Wildman–Crippen MR) is 124 cm³/mol. The van der Waals surface area contributed by atoms with Crippen molar-refractivity contribution in [1.29, 1.82) is 0 Å². The average Bonchev–Trinajstić information content (AvgIpc) is 3.55. The van der Waals surface area contributed by atoms with Crippen LogP contribution in [0.4, 0.5) is 9.59 Å². The number of urea groups is 2. The molecule has 10 nitrogen and oxygen atoms in total. The largest absolute Gasteiger partial charge is 0.324 e. The maximum absolute atomic E-state index is 13.2. The zero-order valence-electron chi connectivity index (χ0n) is 21.8. The summed E-state index contributed by atoms with van der Waals surface area (Å²) in [5.74, 6) is 0. The third kappa shape index (κ3) is 3.86. The number of nitrogens with zero attached hydrogens (tertiary/aromatic N) is 4. The van der Waals surface area contributed by atoms with Gasteiger partial charge in [-0.1, -0.05) is 27.7 Å². The number of ether oxygens (including phenoxy) is 4. The molecule has 8 unspecified atom stereocenters. The second-order valence-corrected chi connectivity index (χ2v) is 10.1. The van der Waals surface area contributed by atoms with Crippen LogP contribution < -0.4 is 0 Å². The number of amides is 4. The molecule has 4 aliphatic rings. The van der Waals surface area contributed by atoms with Crippen molar-refractivity contribution in [3.05, 3.63) is 0 Å². The van der Waals surface area contributed by atoms with Crippen molar-refractivity contribution < 1.29 is 28.5 Å². The van der Waals surface area contributed by atoms with Gasteiger partial charge in [0.15, 0.2) is 24.9 Å². The molecule has 4 heterocycles. The maximum Gasteiger partial charge on any atom is 0.324 e. The molecule has 4 aliphatic heterocycles. The van der Waals surface area contributed by atoms with Crippen molar-refractivity contribution in [2.45, 2.75) is 143 Å². The van der Waals surface area contributed by atoms with Crippen molar-refractivity contribution in [3.63, 3.8) is 0 Å². The number of carbonyl (C=O) groups excluding carboxylic acids is 2. The molecule has 0 radical (unpaired) electrons. The molecule has 0 N–H and O–H groups in total. The van der Waals surface area contributed by atoms with Gasteiger partial charge in [0.25, 0.3) is 0 Å². The highest BCUT2D eigenvalue weighted by Gasteiger charge is 2.62. The molecule has 0 aromatic carbocycles. The molecule has 194 valence electrons. The van der Waals surface area contributed by atoms with Crippen LogP contribution >= 0.6 is 0 Å². The second kappa shape index (κ2) is 9.79. The Hall–Kier alpha value is -1.62. The third-order valence-electron chi connectivity index (χ3n) is 8.05. The van der Waals surface area contributed by atoms with Crippen molar-refractivity contribution in [2.75, 3.05) is 0 Å². The highest BCUT2D eigenvalue weighted by Crippen LogP contribution is 2.42. The summed E-state index contributed by atoms with van der Waals surface area (Å²) in [5.41, 5.74) is 0. The third-order valence-corrected chi connectivity index (χ3v) is 8.05. The summed E-state index contributed by atoms with van der Waals surface area (Å²) in [6.45, 7) is 16.3. The van der Waals surface area contributed by atoms with Gasteiger partial charge >= 0.3 is 12.1 Å². The van der Waals surface area contributed by atoms with Crippen molar-refractivity contribution in [2.24, 2.45) is 0 Å². The lowest BCUT2D eigenvalue weighted by Crippen LogP contribution is -2.48. The van der Waals surface area contributed by atoms with E-state index in [4.69, 9.17) is 18.9 Å². The number of hydrogen-bond acceptors (Lipinski definition) is 6. The average molecular weight is 483 g/mol. The first-order chi connectivity index (χ1) is 16.2. The van der Waals surface area contributed by atoms with E-state index in [-0.39, 0.29) is 36.2 Å². The molecule has 0 aromatic heterocycles. The summed E-state index contributed by atoms with van der Waals surface area (Å²) in [7, 11) is 0. The number of fused-ring (bicyclic) bond motifs is 2. The van der Waals surface area contributed by atoms with E-state index in [1.54, 1.807) is 19.6 Å². The van der Waals surface area contributed by atoms with Crippen LogP contribution in [0.5, 0.6) is 0 Å². The zero-order chi connectivity index (χ0) is 24.9. The molecule has 34 heavy (non-hydrogen) atoms. The normalized spacial score (nSPS) is 36.8. The Labute approximate surface area is 203 Å². The molecule has 0 saturated carbocycles. The van der Waals surface area contributed by atoms with Gasteiger partial charge in [-0.15, -0.1) is 0 Å². The lowest BCUT2D eigenvalue weighted by atomic mass is 10.2. The molecule has 4 saturated heterocycles. The lowest BCUT2D eigenvalue weighted by molar-refractivity contribution is -0.245. The van der Waals surface area contributed by atoms with E-state index in [1.807, 2.05) is 27.7 Å². The number of rotatable bonds is 9. The van der Waals surface area contributed by atoms with Crippen molar-refractivity contribution in [3.8, 4) is 0 Å². The maximum atomic E-state index is 13.2. The minimum atomic E-state index is -0.792. The fourth-order valence-electron chi connectivity index (χ4n) is 5.20. The number of hydrogen-bond donors (Lipinski definition) is 0. The molecular weight excluding hydrogens is 440 g/mol. The van der Waals surface area contributed by atoms with Gasteiger partial charge in [0.05, 0.1) is 0 Å².